The molecule has 29 heavy (non-hydrogen) atoms. The van der Waals surface area contributed by atoms with Gasteiger partial charge in [-0.05, 0) is 55.0 Å². The van der Waals surface area contributed by atoms with Crippen molar-refractivity contribution in [1.82, 2.24) is 4.90 Å². The predicted molar refractivity (Wildman–Crippen MR) is 112 cm³/mol. The normalized spacial score (nSPS) is 19.2. The molecule has 3 rings (SSSR count). The lowest BCUT2D eigenvalue weighted by molar-refractivity contribution is -0.385. The molecule has 0 aliphatic heterocycles. The molecule has 2 N–H and O–H groups in total. The fourth-order valence-electron chi connectivity index (χ4n) is 3.96. The van der Waals surface area contributed by atoms with Gasteiger partial charge in [-0.25, -0.2) is 0 Å². The van der Waals surface area contributed by atoms with E-state index in [0.29, 0.717) is 12.6 Å². The number of hydrogen-bond acceptors (Lipinski definition) is 6. The van der Waals surface area contributed by atoms with Crippen LogP contribution in [0.1, 0.15) is 36.8 Å². The number of rotatable bonds is 8. The molecule has 0 saturated heterocycles. The van der Waals surface area contributed by atoms with Crippen LogP contribution in [0.4, 0.5) is 5.69 Å². The van der Waals surface area contributed by atoms with Crippen molar-refractivity contribution in [2.75, 3.05) is 14.2 Å². The van der Waals surface area contributed by atoms with Gasteiger partial charge < -0.3 is 15.2 Å². The zero-order valence-electron chi connectivity index (χ0n) is 17.0. The van der Waals surface area contributed by atoms with Gasteiger partial charge in [0, 0.05) is 31.2 Å². The number of nitrogens with zero attached hydrogens (tertiary/aromatic N) is 2. The van der Waals surface area contributed by atoms with Crippen LogP contribution < -0.4 is 15.2 Å². The average molecular weight is 399 g/mol. The van der Waals surface area contributed by atoms with Gasteiger partial charge in [-0.15, -0.1) is 0 Å². The van der Waals surface area contributed by atoms with Crippen LogP contribution in [0.3, 0.4) is 0 Å². The van der Waals surface area contributed by atoms with Crippen molar-refractivity contribution in [2.24, 2.45) is 5.73 Å². The Labute approximate surface area is 171 Å². The van der Waals surface area contributed by atoms with Crippen LogP contribution in [0.5, 0.6) is 11.5 Å². The van der Waals surface area contributed by atoms with Crippen molar-refractivity contribution >= 4 is 5.69 Å². The van der Waals surface area contributed by atoms with E-state index in [9.17, 15) is 10.1 Å². The van der Waals surface area contributed by atoms with Crippen LogP contribution in [0.25, 0.3) is 0 Å². The average Bonchev–Trinajstić information content (AvgIpc) is 2.74. The van der Waals surface area contributed by atoms with Crippen molar-refractivity contribution in [2.45, 2.75) is 50.9 Å². The number of hydrogen-bond donors (Lipinski definition) is 1. The van der Waals surface area contributed by atoms with Crippen LogP contribution in [0.2, 0.25) is 0 Å². The van der Waals surface area contributed by atoms with Gasteiger partial charge in [-0.3, -0.25) is 15.0 Å². The van der Waals surface area contributed by atoms with Gasteiger partial charge in [0.1, 0.15) is 5.75 Å². The van der Waals surface area contributed by atoms with Crippen molar-refractivity contribution in [3.63, 3.8) is 0 Å². The van der Waals surface area contributed by atoms with E-state index >= 15 is 0 Å². The second-order valence-electron chi connectivity index (χ2n) is 7.58. The lowest BCUT2D eigenvalue weighted by Gasteiger charge is -2.36. The molecule has 0 bridgehead atoms. The molecule has 1 aliphatic carbocycles. The fourth-order valence-corrected chi connectivity index (χ4v) is 3.96. The summed E-state index contributed by atoms with van der Waals surface area (Å²) in [5.74, 6) is 1.11. The zero-order valence-corrected chi connectivity index (χ0v) is 17.0. The van der Waals surface area contributed by atoms with E-state index < -0.39 is 4.92 Å². The first-order valence-corrected chi connectivity index (χ1v) is 9.94. The van der Waals surface area contributed by atoms with E-state index in [4.69, 9.17) is 15.2 Å². The summed E-state index contributed by atoms with van der Waals surface area (Å²) in [6.07, 6.45) is 4.09. The Morgan fingerprint density at radius 2 is 1.62 bits per heavy atom. The standard InChI is InChI=1S/C22H29N3O4/c1-28-20-10-3-16(4-11-20)14-24(19-8-6-18(23)7-9-19)15-17-5-12-22(29-2)21(13-17)25(26)27/h3-5,10-13,18-19H,6-9,14-15,23H2,1-2H3. The van der Waals surface area contributed by atoms with Gasteiger partial charge in [-0.2, -0.15) is 0 Å². The molecule has 0 atom stereocenters. The second-order valence-corrected chi connectivity index (χ2v) is 7.58. The highest BCUT2D eigenvalue weighted by Gasteiger charge is 2.25. The number of methoxy groups -OCH3 is 2. The summed E-state index contributed by atoms with van der Waals surface area (Å²) in [4.78, 5) is 13.4. The maximum atomic E-state index is 11.4. The Kier molecular flexibility index (Phi) is 7.06. The van der Waals surface area contributed by atoms with Gasteiger partial charge in [0.25, 0.3) is 0 Å². The first-order chi connectivity index (χ1) is 14.0. The van der Waals surface area contributed by atoms with E-state index in [1.54, 1.807) is 19.2 Å². The van der Waals surface area contributed by atoms with Crippen LogP contribution in [0, 0.1) is 10.1 Å². The Morgan fingerprint density at radius 3 is 2.21 bits per heavy atom. The molecule has 0 aromatic heterocycles. The van der Waals surface area contributed by atoms with Crippen molar-refractivity contribution in [3.8, 4) is 11.5 Å². The maximum absolute atomic E-state index is 11.4. The highest BCUT2D eigenvalue weighted by molar-refractivity contribution is 5.48. The summed E-state index contributed by atoms with van der Waals surface area (Å²) in [7, 11) is 3.10. The lowest BCUT2D eigenvalue weighted by atomic mass is 9.90. The molecule has 7 nitrogen and oxygen atoms in total. The SMILES string of the molecule is COc1ccc(CN(Cc2ccc(OC)c([N+](=O)[O-])c2)C2CCC(N)CC2)cc1. The topological polar surface area (TPSA) is 90.9 Å². The van der Waals surface area contributed by atoms with E-state index in [1.165, 1.54) is 12.7 Å². The summed E-state index contributed by atoms with van der Waals surface area (Å²) < 4.78 is 10.4. The molecule has 0 spiro atoms. The number of ether oxygens (including phenoxy) is 2. The minimum atomic E-state index is -0.393. The number of nitro benzene ring substituents is 1. The second kappa shape index (κ2) is 9.71. The Bertz CT molecular complexity index is 817. The highest BCUT2D eigenvalue weighted by atomic mass is 16.6. The summed E-state index contributed by atoms with van der Waals surface area (Å²) in [5, 5.41) is 11.4. The number of nitro groups is 1. The number of benzene rings is 2. The van der Waals surface area contributed by atoms with Crippen molar-refractivity contribution in [1.29, 1.82) is 0 Å². The summed E-state index contributed by atoms with van der Waals surface area (Å²) in [6, 6.07) is 13.9. The lowest BCUT2D eigenvalue weighted by Crippen LogP contribution is -2.40. The third kappa shape index (κ3) is 5.46. The third-order valence-electron chi connectivity index (χ3n) is 5.63. The first-order valence-electron chi connectivity index (χ1n) is 9.94. The van der Waals surface area contributed by atoms with Gasteiger partial charge in [-0.1, -0.05) is 18.2 Å². The maximum Gasteiger partial charge on any atom is 0.311 e. The molecule has 0 heterocycles. The molecule has 2 aromatic rings. The molecular weight excluding hydrogens is 370 g/mol. The smallest absolute Gasteiger partial charge is 0.311 e. The van der Waals surface area contributed by atoms with Crippen LogP contribution >= 0.6 is 0 Å². The van der Waals surface area contributed by atoms with Crippen LogP contribution in [0.15, 0.2) is 42.5 Å². The predicted octanol–water partition coefficient (Wildman–Crippen LogP) is 3.88. The molecule has 7 heteroatoms. The van der Waals surface area contributed by atoms with Crippen LogP contribution in [-0.2, 0) is 13.1 Å². The van der Waals surface area contributed by atoms with E-state index in [-0.39, 0.29) is 17.5 Å². The minimum Gasteiger partial charge on any atom is -0.497 e. The summed E-state index contributed by atoms with van der Waals surface area (Å²) >= 11 is 0. The summed E-state index contributed by atoms with van der Waals surface area (Å²) in [6.45, 7) is 1.40. The van der Waals surface area contributed by atoms with E-state index in [0.717, 1.165) is 43.5 Å². The largest absolute Gasteiger partial charge is 0.497 e. The highest BCUT2D eigenvalue weighted by Crippen LogP contribution is 2.30. The molecular formula is C22H29N3O4. The quantitative estimate of drug-likeness (QED) is 0.535. The molecule has 0 radical (unpaired) electrons. The molecule has 0 amide bonds. The molecule has 2 aromatic carbocycles. The first kappa shape index (κ1) is 21.1. The molecule has 1 fully saturated rings. The Balaban J connectivity index is 1.82. The molecule has 156 valence electrons. The Hall–Kier alpha value is -2.64. The fraction of sp³-hybridized carbons (Fsp3) is 0.455. The molecule has 1 aliphatic rings. The zero-order chi connectivity index (χ0) is 20.8. The molecule has 0 unspecified atom stereocenters. The number of nitrogens with two attached hydrogens (primary N) is 1. The monoisotopic (exact) mass is 399 g/mol. The van der Waals surface area contributed by atoms with E-state index in [2.05, 4.69) is 17.0 Å². The van der Waals surface area contributed by atoms with Crippen molar-refractivity contribution < 1.29 is 14.4 Å². The Morgan fingerprint density at radius 1 is 1.00 bits per heavy atom. The van der Waals surface area contributed by atoms with E-state index in [1.807, 2.05) is 18.2 Å². The van der Waals surface area contributed by atoms with Crippen molar-refractivity contribution in [3.05, 3.63) is 63.7 Å². The molecule has 1 saturated carbocycles. The van der Waals surface area contributed by atoms with Gasteiger partial charge >= 0.3 is 5.69 Å². The third-order valence-corrected chi connectivity index (χ3v) is 5.63. The van der Waals surface area contributed by atoms with Crippen LogP contribution in [-0.4, -0.2) is 36.1 Å². The van der Waals surface area contributed by atoms with Gasteiger partial charge in [0.15, 0.2) is 5.75 Å². The van der Waals surface area contributed by atoms with Gasteiger partial charge in [0.2, 0.25) is 0 Å². The van der Waals surface area contributed by atoms with Gasteiger partial charge in [0.05, 0.1) is 19.1 Å². The minimum absolute atomic E-state index is 0.0000591. The summed E-state index contributed by atoms with van der Waals surface area (Å²) in [5.41, 5.74) is 8.19.